The lowest BCUT2D eigenvalue weighted by molar-refractivity contribution is 0.225. The van der Waals surface area contributed by atoms with Gasteiger partial charge in [0.2, 0.25) is 0 Å². The molecule has 0 aromatic rings. The summed E-state index contributed by atoms with van der Waals surface area (Å²) >= 11 is 0. The number of hydrogen-bond donors (Lipinski definition) is 1. The molecule has 32 valence electrons. The van der Waals surface area contributed by atoms with Crippen LogP contribution in [-0.2, 0) is 4.53 Å². The molecule has 0 saturated carbocycles. The van der Waals surface area contributed by atoms with Crippen LogP contribution in [0.2, 0.25) is 0 Å². The minimum Gasteiger partial charge on any atom is -0.357 e. The highest BCUT2D eigenvalue weighted by Crippen LogP contribution is 1.45. The highest BCUT2D eigenvalue weighted by molar-refractivity contribution is 5.97. The van der Waals surface area contributed by atoms with E-state index in [0.717, 1.165) is 17.0 Å². The average molecular weight is 91.2 g/mol. The molecular weight excluding hydrogens is 82.1 g/mol. The molecule has 0 rings (SSSR count). The quantitative estimate of drug-likeness (QED) is 0.341. The van der Waals surface area contributed by atoms with E-state index in [0.29, 0.717) is 0 Å². The molecule has 0 bridgehead atoms. The van der Waals surface area contributed by atoms with Gasteiger partial charge in [0, 0.05) is 6.54 Å². The summed E-state index contributed by atoms with van der Waals surface area (Å²) in [4.78, 5) is 0. The van der Waals surface area contributed by atoms with Gasteiger partial charge in [-0.1, -0.05) is 6.92 Å². The predicted molar refractivity (Wildman–Crippen MR) is 24.7 cm³/mol. The van der Waals surface area contributed by atoms with Gasteiger partial charge in [-0.3, -0.25) is 0 Å². The molecule has 0 saturated heterocycles. The molecule has 1 N–H and O–H groups in total. The molecule has 0 unspecified atom stereocenters. The third-order valence-electron chi connectivity index (χ3n) is 0.289. The Kier molecular flexibility index (Phi) is 4.25. The van der Waals surface area contributed by atoms with Gasteiger partial charge in [-0.15, -0.1) is 0 Å². The molecule has 0 heterocycles. The van der Waals surface area contributed by atoms with Gasteiger partial charge >= 0.3 is 0 Å². The van der Waals surface area contributed by atoms with E-state index >= 15 is 0 Å². The van der Waals surface area contributed by atoms with Crippen molar-refractivity contribution >= 4 is 10.5 Å². The summed E-state index contributed by atoms with van der Waals surface area (Å²) < 4.78 is 4.58. The Hall–Kier alpha value is 0.137. The average Bonchev–Trinajstić information content (AvgIpc) is 1.41. The van der Waals surface area contributed by atoms with E-state index in [1.807, 2.05) is 6.92 Å². The predicted octanol–water partition coefficient (Wildman–Crippen LogP) is -1.19. The van der Waals surface area contributed by atoms with Gasteiger partial charge in [0.05, 0.1) is 0 Å². The van der Waals surface area contributed by atoms with Crippen LogP contribution in [0.1, 0.15) is 6.92 Å². The van der Waals surface area contributed by atoms with Crippen LogP contribution in [-0.4, -0.2) is 17.0 Å². The standard InChI is InChI=1S/C2H9NOSi/c1-2-3-4-5/h3H,2H2,1,5H3. The molecule has 2 nitrogen and oxygen atoms in total. The highest BCUT2D eigenvalue weighted by atomic mass is 28.2. The highest BCUT2D eigenvalue weighted by Gasteiger charge is 1.60. The summed E-state index contributed by atoms with van der Waals surface area (Å²) in [6, 6.07) is 0. The first-order chi connectivity index (χ1) is 2.41. The van der Waals surface area contributed by atoms with Crippen molar-refractivity contribution in [1.29, 1.82) is 0 Å². The fourth-order valence-electron chi connectivity index (χ4n) is 0.144. The molecule has 0 radical (unpaired) electrons. The van der Waals surface area contributed by atoms with Crippen molar-refractivity contribution in [2.45, 2.75) is 6.92 Å². The van der Waals surface area contributed by atoms with E-state index in [-0.39, 0.29) is 0 Å². The van der Waals surface area contributed by atoms with E-state index in [1.165, 1.54) is 0 Å². The van der Waals surface area contributed by atoms with Crippen molar-refractivity contribution < 1.29 is 4.53 Å². The van der Waals surface area contributed by atoms with Gasteiger partial charge in [0.25, 0.3) is 0 Å². The van der Waals surface area contributed by atoms with Crippen molar-refractivity contribution in [1.82, 2.24) is 5.48 Å². The number of hydrogen-bond acceptors (Lipinski definition) is 2. The van der Waals surface area contributed by atoms with Crippen LogP contribution in [0.25, 0.3) is 0 Å². The van der Waals surface area contributed by atoms with Gasteiger partial charge in [-0.2, -0.15) is 0 Å². The number of rotatable bonds is 2. The van der Waals surface area contributed by atoms with Crippen molar-refractivity contribution in [3.63, 3.8) is 0 Å². The molecule has 3 heteroatoms. The van der Waals surface area contributed by atoms with Crippen LogP contribution < -0.4 is 5.48 Å². The molecule has 0 aliphatic heterocycles. The Balaban J connectivity index is 2.19. The molecule has 5 heavy (non-hydrogen) atoms. The minimum atomic E-state index is 0.788. The van der Waals surface area contributed by atoms with Crippen molar-refractivity contribution in [3.05, 3.63) is 0 Å². The van der Waals surface area contributed by atoms with E-state index in [9.17, 15) is 0 Å². The number of hydroxylamine groups is 1. The topological polar surface area (TPSA) is 21.3 Å². The molecule has 0 aliphatic carbocycles. The van der Waals surface area contributed by atoms with Gasteiger partial charge < -0.3 is 4.53 Å². The molecule has 0 atom stereocenters. The van der Waals surface area contributed by atoms with E-state index in [4.69, 9.17) is 0 Å². The monoisotopic (exact) mass is 91.0 g/mol. The van der Waals surface area contributed by atoms with Crippen LogP contribution in [0.15, 0.2) is 0 Å². The summed E-state index contributed by atoms with van der Waals surface area (Å²) in [5.74, 6) is 0. The zero-order valence-corrected chi connectivity index (χ0v) is 5.62. The third kappa shape index (κ3) is 4.14. The van der Waals surface area contributed by atoms with E-state index in [2.05, 4.69) is 10.0 Å². The second-order valence-electron chi connectivity index (χ2n) is 0.702. The Morgan fingerprint density at radius 1 is 2.00 bits per heavy atom. The second kappa shape index (κ2) is 4.14. The summed E-state index contributed by atoms with van der Waals surface area (Å²) in [6.45, 7) is 2.90. The summed E-state index contributed by atoms with van der Waals surface area (Å²) in [6.07, 6.45) is 0. The maximum Gasteiger partial charge on any atom is 0.174 e. The Bertz CT molecular complexity index is 17.1. The summed E-state index contributed by atoms with van der Waals surface area (Å²) in [5, 5.41) is 0. The first kappa shape index (κ1) is 5.14. The minimum absolute atomic E-state index is 0.788. The maximum absolute atomic E-state index is 4.58. The van der Waals surface area contributed by atoms with Gasteiger partial charge in [0.15, 0.2) is 10.5 Å². The van der Waals surface area contributed by atoms with Crippen LogP contribution in [0.4, 0.5) is 0 Å². The molecule has 0 aromatic heterocycles. The Morgan fingerprint density at radius 2 is 2.60 bits per heavy atom. The fraction of sp³-hybridized carbons (Fsp3) is 1.00. The molecule has 0 fully saturated rings. The molecule has 0 spiro atoms. The largest absolute Gasteiger partial charge is 0.357 e. The Labute approximate surface area is 35.0 Å². The normalized spacial score (nSPS) is 9.00. The molecule has 0 aliphatic rings. The SMILES string of the molecule is CCNO[SiH3]. The molecular formula is C2H9NOSi. The van der Waals surface area contributed by atoms with Crippen LogP contribution in [0.5, 0.6) is 0 Å². The van der Waals surface area contributed by atoms with Crippen molar-refractivity contribution in [2.75, 3.05) is 6.54 Å². The van der Waals surface area contributed by atoms with E-state index < -0.39 is 0 Å². The first-order valence-electron chi connectivity index (χ1n) is 1.67. The zero-order valence-electron chi connectivity index (χ0n) is 3.62. The lowest BCUT2D eigenvalue weighted by Crippen LogP contribution is -2.09. The van der Waals surface area contributed by atoms with Gasteiger partial charge in [-0.25, -0.2) is 5.48 Å². The molecule has 0 aromatic carbocycles. The smallest absolute Gasteiger partial charge is 0.174 e. The molecule has 0 amide bonds. The van der Waals surface area contributed by atoms with Crippen molar-refractivity contribution in [3.8, 4) is 0 Å². The fourth-order valence-corrected chi connectivity index (χ4v) is 0.433. The van der Waals surface area contributed by atoms with Crippen LogP contribution in [0.3, 0.4) is 0 Å². The van der Waals surface area contributed by atoms with E-state index in [1.54, 1.807) is 0 Å². The third-order valence-corrected chi connectivity index (χ3v) is 0.577. The van der Waals surface area contributed by atoms with Gasteiger partial charge in [-0.05, 0) is 0 Å². The summed E-state index contributed by atoms with van der Waals surface area (Å²) in [7, 11) is 0.788. The first-order valence-corrected chi connectivity index (χ1v) is 2.49. The van der Waals surface area contributed by atoms with Crippen LogP contribution in [0, 0.1) is 0 Å². The second-order valence-corrected chi connectivity index (χ2v) is 1.11. The lowest BCUT2D eigenvalue weighted by Gasteiger charge is -1.89. The number of nitrogens with one attached hydrogen (secondary N) is 1. The van der Waals surface area contributed by atoms with Gasteiger partial charge in [0.1, 0.15) is 0 Å². The zero-order chi connectivity index (χ0) is 4.12. The van der Waals surface area contributed by atoms with Crippen molar-refractivity contribution in [2.24, 2.45) is 0 Å². The van der Waals surface area contributed by atoms with Crippen LogP contribution >= 0.6 is 0 Å². The Morgan fingerprint density at radius 3 is 2.60 bits per heavy atom. The maximum atomic E-state index is 4.58. The summed E-state index contributed by atoms with van der Waals surface area (Å²) in [5.41, 5.74) is 2.67. The lowest BCUT2D eigenvalue weighted by atomic mass is 10.8.